The van der Waals surface area contributed by atoms with Gasteiger partial charge < -0.3 is 19.1 Å². The van der Waals surface area contributed by atoms with Crippen molar-refractivity contribution < 1.29 is 4.42 Å². The van der Waals surface area contributed by atoms with Crippen LogP contribution in [-0.4, -0.2) is 6.71 Å². The number of benzene rings is 8. The van der Waals surface area contributed by atoms with Crippen molar-refractivity contribution in [1.29, 1.82) is 0 Å². The van der Waals surface area contributed by atoms with Crippen LogP contribution in [0, 0.1) is 0 Å². The molecule has 9 aromatic rings. The maximum Gasteiger partial charge on any atom is 0.297 e. The molecule has 0 unspecified atom stereocenters. The topological polar surface area (TPSA) is 22.9 Å². The number of hydrogen-bond donors (Lipinski definition) is 0. The van der Waals surface area contributed by atoms with Crippen LogP contribution in [0.1, 0.15) is 76.6 Å². The first kappa shape index (κ1) is 39.2. The summed E-state index contributed by atoms with van der Waals surface area (Å²) in [4.78, 5) is 7.56. The van der Waals surface area contributed by atoms with E-state index in [2.05, 4.69) is 238 Å². The molecule has 0 spiro atoms. The van der Waals surface area contributed by atoms with Gasteiger partial charge in [-0.2, -0.15) is 0 Å². The lowest BCUT2D eigenvalue weighted by molar-refractivity contribution is 0.332. The minimum atomic E-state index is -0.294. The van der Waals surface area contributed by atoms with Crippen molar-refractivity contribution >= 4 is 85.5 Å². The number of anilines is 9. The molecule has 0 N–H and O–H groups in total. The van der Waals surface area contributed by atoms with Gasteiger partial charge in [0.25, 0.3) is 6.71 Å². The van der Waals surface area contributed by atoms with Crippen LogP contribution in [0.3, 0.4) is 0 Å². The third-order valence-electron chi connectivity index (χ3n) is 15.6. The number of fused-ring (bicyclic) bond motifs is 9. The average Bonchev–Trinajstić information content (AvgIpc) is 3.71. The van der Waals surface area contributed by atoms with Crippen LogP contribution >= 0.6 is 0 Å². The first-order valence-corrected chi connectivity index (χ1v) is 23.7. The zero-order valence-corrected chi connectivity index (χ0v) is 38.6. The van der Waals surface area contributed by atoms with E-state index in [0.29, 0.717) is 0 Å². The fourth-order valence-corrected chi connectivity index (χ4v) is 12.1. The van der Waals surface area contributed by atoms with Crippen LogP contribution in [0.25, 0.3) is 22.1 Å². The van der Waals surface area contributed by atoms with Crippen LogP contribution in [0.5, 0.6) is 0 Å². The molecule has 1 aromatic heterocycles. The standard InChI is InChI=1S/C61H52BN3O/c1-59(2)31-32-60(3,4)48-38-54-45(37-47(48)59)56-58(66-54)62-50-34-40(39-21-11-7-12-22-39)33-49-57(50)65(51-30-20-19-29-46(51)61(49,5)6)53-36-44(35-52(55(53)62)64(56)43-27-17-10-18-28-43)63(41-23-13-8-14-24-41)42-25-15-9-16-26-42/h7-30,33-38H,31-32H2,1-6H3. The Morgan fingerprint density at radius 2 is 1.03 bits per heavy atom. The Bertz CT molecular complexity index is 3370. The van der Waals surface area contributed by atoms with Gasteiger partial charge in [-0.1, -0.05) is 151 Å². The van der Waals surface area contributed by atoms with E-state index in [1.165, 1.54) is 66.8 Å². The van der Waals surface area contributed by atoms with Gasteiger partial charge in [-0.05, 0) is 141 Å². The van der Waals surface area contributed by atoms with E-state index < -0.39 is 0 Å². The van der Waals surface area contributed by atoms with Gasteiger partial charge in [0.15, 0.2) is 0 Å². The summed E-state index contributed by atoms with van der Waals surface area (Å²) < 4.78 is 7.62. The Labute approximate surface area is 388 Å². The van der Waals surface area contributed by atoms with Gasteiger partial charge in [0.2, 0.25) is 0 Å². The van der Waals surface area contributed by atoms with Gasteiger partial charge in [0.05, 0.1) is 22.7 Å². The van der Waals surface area contributed by atoms with Crippen molar-refractivity contribution in [3.8, 4) is 11.1 Å². The molecule has 5 heteroatoms. The quantitative estimate of drug-likeness (QED) is 0.161. The Kier molecular flexibility index (Phi) is 8.24. The predicted molar refractivity (Wildman–Crippen MR) is 278 cm³/mol. The maximum absolute atomic E-state index is 7.62. The summed E-state index contributed by atoms with van der Waals surface area (Å²) in [6.07, 6.45) is 2.28. The number of furan rings is 1. The zero-order valence-electron chi connectivity index (χ0n) is 38.6. The zero-order chi connectivity index (χ0) is 44.7. The fourth-order valence-electron chi connectivity index (χ4n) is 12.1. The SMILES string of the molecule is CC1(C)CCC(C)(C)c2cc3c4c(oc3cc21)B1c2cc(-c3ccccc3)cc3c2N(c2ccccc2C3(C)C)c2cc(N(c3ccccc3)c3ccccc3)cc(c21)N4c1ccccc1. The molecule has 13 rings (SSSR count). The summed E-state index contributed by atoms with van der Waals surface area (Å²) in [5, 5.41) is 1.17. The molecule has 0 atom stereocenters. The number of rotatable bonds is 5. The Balaban J connectivity index is 1.21. The van der Waals surface area contributed by atoms with Gasteiger partial charge in [0, 0.05) is 44.9 Å². The van der Waals surface area contributed by atoms with E-state index in [9.17, 15) is 0 Å². The second kappa shape index (κ2) is 13.9. The molecule has 0 bridgehead atoms. The lowest BCUT2D eigenvalue weighted by Crippen LogP contribution is -2.62. The minimum Gasteiger partial charge on any atom is -0.468 e. The molecule has 0 saturated heterocycles. The highest BCUT2D eigenvalue weighted by Gasteiger charge is 2.51. The van der Waals surface area contributed by atoms with Crippen LogP contribution in [-0.2, 0) is 16.2 Å². The van der Waals surface area contributed by atoms with Crippen molar-refractivity contribution in [3.63, 3.8) is 0 Å². The summed E-state index contributed by atoms with van der Waals surface area (Å²) in [5.41, 5.74) is 22.5. The average molecular weight is 854 g/mol. The molecule has 0 radical (unpaired) electrons. The molecule has 0 fully saturated rings. The van der Waals surface area contributed by atoms with Crippen molar-refractivity contribution in [2.75, 3.05) is 14.7 Å². The molecule has 66 heavy (non-hydrogen) atoms. The first-order valence-electron chi connectivity index (χ1n) is 23.7. The first-order chi connectivity index (χ1) is 32.0. The van der Waals surface area contributed by atoms with Crippen LogP contribution in [0.2, 0.25) is 0 Å². The molecule has 8 aromatic carbocycles. The normalized spacial score (nSPS) is 16.5. The Morgan fingerprint density at radius 3 is 1.68 bits per heavy atom. The molecule has 4 heterocycles. The summed E-state index contributed by atoms with van der Waals surface area (Å²) in [7, 11) is 0. The highest BCUT2D eigenvalue weighted by molar-refractivity contribution is 7.00. The van der Waals surface area contributed by atoms with E-state index in [1.807, 2.05) is 0 Å². The third kappa shape index (κ3) is 5.52. The second-order valence-electron chi connectivity index (χ2n) is 20.8. The molecule has 3 aliphatic heterocycles. The van der Waals surface area contributed by atoms with Gasteiger partial charge in [-0.25, -0.2) is 0 Å². The van der Waals surface area contributed by atoms with E-state index in [4.69, 9.17) is 4.42 Å². The molecule has 4 aliphatic rings. The molecule has 0 saturated carbocycles. The van der Waals surface area contributed by atoms with Crippen LogP contribution in [0.4, 0.5) is 51.2 Å². The highest BCUT2D eigenvalue weighted by Crippen LogP contribution is 2.57. The fraction of sp³-hybridized carbons (Fsp3) is 0.180. The molecule has 1 aliphatic carbocycles. The molecule has 320 valence electrons. The van der Waals surface area contributed by atoms with Crippen molar-refractivity contribution in [3.05, 3.63) is 204 Å². The Hall–Kier alpha value is -7.24. The van der Waals surface area contributed by atoms with E-state index >= 15 is 0 Å². The molecular weight excluding hydrogens is 802 g/mol. The second-order valence-corrected chi connectivity index (χ2v) is 20.8. The number of hydrogen-bond acceptors (Lipinski definition) is 4. The molecule has 4 nitrogen and oxygen atoms in total. The number of nitrogens with zero attached hydrogens (tertiary/aromatic N) is 3. The van der Waals surface area contributed by atoms with E-state index in [-0.39, 0.29) is 23.0 Å². The summed E-state index contributed by atoms with van der Waals surface area (Å²) in [6, 6.07) is 67.5. The third-order valence-corrected chi connectivity index (χ3v) is 15.6. The summed E-state index contributed by atoms with van der Waals surface area (Å²) in [5.74, 6) is 0. The summed E-state index contributed by atoms with van der Waals surface area (Å²) >= 11 is 0. The molecule has 0 amide bonds. The number of para-hydroxylation sites is 4. The lowest BCUT2D eigenvalue weighted by atomic mass is 9.35. The summed E-state index contributed by atoms with van der Waals surface area (Å²) in [6.45, 7) is 14.3. The lowest BCUT2D eigenvalue weighted by Gasteiger charge is -2.49. The molecular formula is C61H52BN3O. The van der Waals surface area contributed by atoms with Gasteiger partial charge >= 0.3 is 0 Å². The van der Waals surface area contributed by atoms with E-state index in [0.717, 1.165) is 58.2 Å². The van der Waals surface area contributed by atoms with Crippen molar-refractivity contribution in [2.45, 2.75) is 70.6 Å². The Morgan fingerprint density at radius 1 is 0.470 bits per heavy atom. The van der Waals surface area contributed by atoms with Crippen LogP contribution in [0.15, 0.2) is 186 Å². The van der Waals surface area contributed by atoms with Gasteiger partial charge in [-0.3, -0.25) is 0 Å². The predicted octanol–water partition coefficient (Wildman–Crippen LogP) is 14.6. The van der Waals surface area contributed by atoms with E-state index in [1.54, 1.807) is 0 Å². The maximum atomic E-state index is 7.62. The van der Waals surface area contributed by atoms with Gasteiger partial charge in [0.1, 0.15) is 5.58 Å². The van der Waals surface area contributed by atoms with Gasteiger partial charge in [-0.15, -0.1) is 0 Å². The minimum absolute atomic E-state index is 0.0208. The largest absolute Gasteiger partial charge is 0.468 e. The van der Waals surface area contributed by atoms with Crippen LogP contribution < -0.4 is 31.3 Å². The van der Waals surface area contributed by atoms with Crippen molar-refractivity contribution in [2.24, 2.45) is 0 Å². The highest BCUT2D eigenvalue weighted by atomic mass is 16.3. The van der Waals surface area contributed by atoms with Crippen molar-refractivity contribution in [1.82, 2.24) is 0 Å². The monoisotopic (exact) mass is 853 g/mol. The smallest absolute Gasteiger partial charge is 0.297 e.